The molecular weight excluding hydrogens is 338 g/mol. The van der Waals surface area contributed by atoms with Gasteiger partial charge in [-0.05, 0) is 52.3 Å². The van der Waals surface area contributed by atoms with Crippen LogP contribution in [-0.2, 0) is 4.74 Å². The molecule has 0 aliphatic rings. The number of aromatic nitrogens is 1. The van der Waals surface area contributed by atoms with Crippen LogP contribution in [0.1, 0.15) is 20.8 Å². The number of carbonyl (C=O) groups excluding carboxylic acids is 2. The number of nitrogens with zero attached hydrogens (tertiary/aromatic N) is 1. The van der Waals surface area contributed by atoms with Crippen LogP contribution in [0, 0.1) is 0 Å². The molecule has 1 aromatic heterocycles. The van der Waals surface area contributed by atoms with Crippen molar-refractivity contribution in [3.8, 4) is 5.75 Å². The maximum absolute atomic E-state index is 11.9. The van der Waals surface area contributed by atoms with Crippen molar-refractivity contribution in [2.45, 2.75) is 0 Å². The van der Waals surface area contributed by atoms with Gasteiger partial charge in [-0.15, -0.1) is 0 Å². The van der Waals surface area contributed by atoms with Crippen LogP contribution in [0.4, 0.5) is 0 Å². The zero-order chi connectivity index (χ0) is 15.2. The van der Waals surface area contributed by atoms with Gasteiger partial charge in [-0.2, -0.15) is 0 Å². The van der Waals surface area contributed by atoms with E-state index in [4.69, 9.17) is 9.47 Å². The van der Waals surface area contributed by atoms with Gasteiger partial charge in [0.2, 0.25) is 0 Å². The monoisotopic (exact) mass is 349 g/mol. The fourth-order valence-electron chi connectivity index (χ4n) is 1.56. The number of halogens is 1. The lowest BCUT2D eigenvalue weighted by molar-refractivity contribution is 0.0469. The lowest BCUT2D eigenvalue weighted by Crippen LogP contribution is -2.15. The van der Waals surface area contributed by atoms with E-state index in [2.05, 4.69) is 20.9 Å². The van der Waals surface area contributed by atoms with Gasteiger partial charge in [0.1, 0.15) is 11.4 Å². The predicted octanol–water partition coefficient (Wildman–Crippen LogP) is 2.89. The number of esters is 1. The summed E-state index contributed by atoms with van der Waals surface area (Å²) in [6.07, 6.45) is 1.49. The Labute approximate surface area is 130 Å². The van der Waals surface area contributed by atoms with E-state index in [1.807, 2.05) is 0 Å². The van der Waals surface area contributed by atoms with Crippen LogP contribution in [0.2, 0.25) is 0 Å². The number of hydrogen-bond donors (Lipinski definition) is 0. The van der Waals surface area contributed by atoms with Gasteiger partial charge in [-0.3, -0.25) is 4.79 Å². The Hall–Kier alpha value is -2.21. The number of hydrogen-bond acceptors (Lipinski definition) is 5. The number of rotatable bonds is 5. The number of Topliss-reactive ketones (excluding diaryl/α,β-unsaturated/α-hetero) is 1. The van der Waals surface area contributed by atoms with Crippen LogP contribution >= 0.6 is 15.9 Å². The van der Waals surface area contributed by atoms with Crippen molar-refractivity contribution >= 4 is 27.7 Å². The molecule has 0 spiro atoms. The SMILES string of the molecule is COc1ccc(C(=O)COC(=O)c2ccc(Br)cn2)cc1. The molecule has 21 heavy (non-hydrogen) atoms. The molecule has 108 valence electrons. The molecule has 5 nitrogen and oxygen atoms in total. The molecule has 0 radical (unpaired) electrons. The minimum absolute atomic E-state index is 0.153. The van der Waals surface area contributed by atoms with Gasteiger partial charge in [-0.1, -0.05) is 0 Å². The van der Waals surface area contributed by atoms with E-state index < -0.39 is 5.97 Å². The zero-order valence-corrected chi connectivity index (χ0v) is 12.8. The van der Waals surface area contributed by atoms with Crippen molar-refractivity contribution in [1.29, 1.82) is 0 Å². The molecule has 6 heteroatoms. The van der Waals surface area contributed by atoms with Crippen LogP contribution in [0.3, 0.4) is 0 Å². The summed E-state index contributed by atoms with van der Waals surface area (Å²) >= 11 is 3.22. The summed E-state index contributed by atoms with van der Waals surface area (Å²) in [6, 6.07) is 9.77. The average molecular weight is 350 g/mol. The van der Waals surface area contributed by atoms with Crippen molar-refractivity contribution in [2.24, 2.45) is 0 Å². The molecule has 0 fully saturated rings. The highest BCUT2D eigenvalue weighted by atomic mass is 79.9. The van der Waals surface area contributed by atoms with Gasteiger partial charge in [-0.25, -0.2) is 9.78 Å². The van der Waals surface area contributed by atoms with E-state index in [9.17, 15) is 9.59 Å². The molecule has 1 heterocycles. The van der Waals surface area contributed by atoms with Crippen molar-refractivity contribution in [2.75, 3.05) is 13.7 Å². The summed E-state index contributed by atoms with van der Waals surface area (Å²) in [6.45, 7) is -0.330. The highest BCUT2D eigenvalue weighted by Crippen LogP contribution is 2.12. The Bertz CT molecular complexity index is 638. The Morgan fingerprint density at radius 3 is 2.43 bits per heavy atom. The quantitative estimate of drug-likeness (QED) is 0.613. The first-order chi connectivity index (χ1) is 10.1. The number of ketones is 1. The predicted molar refractivity (Wildman–Crippen MR) is 79.5 cm³/mol. The van der Waals surface area contributed by atoms with E-state index in [0.29, 0.717) is 11.3 Å². The molecule has 0 aliphatic heterocycles. The van der Waals surface area contributed by atoms with Crippen LogP contribution in [0.5, 0.6) is 5.75 Å². The molecule has 0 amide bonds. The Morgan fingerprint density at radius 2 is 1.86 bits per heavy atom. The maximum Gasteiger partial charge on any atom is 0.357 e. The fraction of sp³-hybridized carbons (Fsp3) is 0.133. The Kier molecular flexibility index (Phi) is 5.05. The summed E-state index contributed by atoms with van der Waals surface area (Å²) in [5.41, 5.74) is 0.605. The number of carbonyl (C=O) groups is 2. The minimum Gasteiger partial charge on any atom is -0.497 e. The molecular formula is C15H12BrNO4. The van der Waals surface area contributed by atoms with Crippen molar-refractivity contribution in [1.82, 2.24) is 4.98 Å². The third-order valence-corrected chi connectivity index (χ3v) is 3.15. The molecule has 2 aromatic rings. The van der Waals surface area contributed by atoms with Crippen LogP contribution in [0.25, 0.3) is 0 Å². The van der Waals surface area contributed by atoms with E-state index >= 15 is 0 Å². The molecule has 0 unspecified atom stereocenters. The average Bonchev–Trinajstić information content (AvgIpc) is 2.53. The second kappa shape index (κ2) is 6.99. The van der Waals surface area contributed by atoms with Crippen molar-refractivity contribution < 1.29 is 19.1 Å². The smallest absolute Gasteiger partial charge is 0.357 e. The fourth-order valence-corrected chi connectivity index (χ4v) is 1.80. The maximum atomic E-state index is 11.9. The first-order valence-corrected chi connectivity index (χ1v) is 6.85. The van der Waals surface area contributed by atoms with Crippen LogP contribution in [-0.4, -0.2) is 30.5 Å². The third kappa shape index (κ3) is 4.13. The Balaban J connectivity index is 1.93. The summed E-state index contributed by atoms with van der Waals surface area (Å²) < 4.78 is 10.7. The number of ether oxygens (including phenoxy) is 2. The van der Waals surface area contributed by atoms with Gasteiger partial charge >= 0.3 is 5.97 Å². The number of pyridine rings is 1. The molecule has 1 aromatic carbocycles. The normalized spacial score (nSPS) is 10.0. The number of benzene rings is 1. The van der Waals surface area contributed by atoms with E-state index in [1.165, 1.54) is 12.3 Å². The van der Waals surface area contributed by atoms with E-state index in [0.717, 1.165) is 4.47 Å². The van der Waals surface area contributed by atoms with E-state index in [-0.39, 0.29) is 18.1 Å². The number of methoxy groups -OCH3 is 1. The van der Waals surface area contributed by atoms with Crippen molar-refractivity contribution in [3.05, 3.63) is 58.3 Å². The van der Waals surface area contributed by atoms with Crippen LogP contribution < -0.4 is 4.74 Å². The summed E-state index contributed by atoms with van der Waals surface area (Å²) in [5.74, 6) is -0.268. The first-order valence-electron chi connectivity index (χ1n) is 6.06. The van der Waals surface area contributed by atoms with Gasteiger partial charge in [0.15, 0.2) is 12.4 Å². The minimum atomic E-state index is -0.635. The molecule has 0 saturated carbocycles. The van der Waals surface area contributed by atoms with Crippen LogP contribution in [0.15, 0.2) is 47.1 Å². The highest BCUT2D eigenvalue weighted by molar-refractivity contribution is 9.10. The second-order valence-electron chi connectivity index (χ2n) is 4.09. The van der Waals surface area contributed by atoms with Gasteiger partial charge in [0.25, 0.3) is 0 Å². The summed E-state index contributed by atoms with van der Waals surface area (Å²) in [5, 5.41) is 0. The summed E-state index contributed by atoms with van der Waals surface area (Å²) in [4.78, 5) is 27.5. The third-order valence-electron chi connectivity index (χ3n) is 2.68. The topological polar surface area (TPSA) is 65.5 Å². The lowest BCUT2D eigenvalue weighted by Gasteiger charge is -2.05. The van der Waals surface area contributed by atoms with Crippen molar-refractivity contribution in [3.63, 3.8) is 0 Å². The van der Waals surface area contributed by atoms with E-state index in [1.54, 1.807) is 37.4 Å². The first kappa shape index (κ1) is 15.2. The van der Waals surface area contributed by atoms with Gasteiger partial charge < -0.3 is 9.47 Å². The van der Waals surface area contributed by atoms with Gasteiger partial charge in [0, 0.05) is 16.2 Å². The molecule has 2 rings (SSSR count). The largest absolute Gasteiger partial charge is 0.497 e. The zero-order valence-electron chi connectivity index (χ0n) is 11.2. The van der Waals surface area contributed by atoms with Gasteiger partial charge in [0.05, 0.1) is 7.11 Å². The standard InChI is InChI=1S/C15H12BrNO4/c1-20-12-5-2-10(3-6-12)14(18)9-21-15(19)13-7-4-11(16)8-17-13/h2-8H,9H2,1H3. The highest BCUT2D eigenvalue weighted by Gasteiger charge is 2.12. The Morgan fingerprint density at radius 1 is 1.14 bits per heavy atom. The summed E-state index contributed by atoms with van der Waals surface area (Å²) in [7, 11) is 1.55. The lowest BCUT2D eigenvalue weighted by atomic mass is 10.1. The second-order valence-corrected chi connectivity index (χ2v) is 5.01. The molecule has 0 bridgehead atoms. The molecule has 0 saturated heterocycles. The molecule has 0 N–H and O–H groups in total. The molecule has 0 aliphatic carbocycles. The molecule has 0 atom stereocenters.